The van der Waals surface area contributed by atoms with E-state index in [2.05, 4.69) is 90.1 Å². The van der Waals surface area contributed by atoms with Crippen molar-refractivity contribution in [1.29, 1.82) is 0 Å². The molecule has 114 valence electrons. The van der Waals surface area contributed by atoms with Crippen molar-refractivity contribution in [1.82, 2.24) is 0 Å². The average molecular weight is 290 g/mol. The third-order valence-corrected chi connectivity index (χ3v) is 4.43. The summed E-state index contributed by atoms with van der Waals surface area (Å²) in [6.07, 6.45) is 0. The quantitative estimate of drug-likeness (QED) is 0.410. The van der Waals surface area contributed by atoms with E-state index in [0.29, 0.717) is 0 Å². The number of fused-ring (bicyclic) bond motifs is 3. The van der Waals surface area contributed by atoms with Crippen LogP contribution in [-0.4, -0.2) is 0 Å². The molecule has 0 bridgehead atoms. The first-order chi connectivity index (χ1) is 10.2. The van der Waals surface area contributed by atoms with Crippen LogP contribution in [0.2, 0.25) is 0 Å². The van der Waals surface area contributed by atoms with E-state index in [1.54, 1.807) is 0 Å². The molecule has 0 saturated carbocycles. The molecule has 0 nitrogen and oxygen atoms in total. The van der Waals surface area contributed by atoms with Gasteiger partial charge in [0.25, 0.3) is 0 Å². The van der Waals surface area contributed by atoms with Gasteiger partial charge in [-0.2, -0.15) is 0 Å². The predicted molar refractivity (Wildman–Crippen MR) is 98.9 cm³/mol. The summed E-state index contributed by atoms with van der Waals surface area (Å²) < 4.78 is 0. The van der Waals surface area contributed by atoms with Gasteiger partial charge in [-0.15, -0.1) is 0 Å². The second kappa shape index (κ2) is 4.84. The fourth-order valence-corrected chi connectivity index (χ4v) is 3.70. The molecule has 0 saturated heterocycles. The van der Waals surface area contributed by atoms with Gasteiger partial charge in [0, 0.05) is 0 Å². The highest BCUT2D eigenvalue weighted by molar-refractivity contribution is 6.11. The Bertz CT molecular complexity index is 767. The molecule has 0 aliphatic carbocycles. The Balaban J connectivity index is 2.68. The van der Waals surface area contributed by atoms with E-state index in [-0.39, 0.29) is 10.8 Å². The van der Waals surface area contributed by atoms with E-state index < -0.39 is 0 Å². The summed E-state index contributed by atoms with van der Waals surface area (Å²) >= 11 is 0. The maximum atomic E-state index is 2.33. The molecule has 3 rings (SSSR count). The molecular weight excluding hydrogens is 264 g/mol. The lowest BCUT2D eigenvalue weighted by atomic mass is 9.71. The van der Waals surface area contributed by atoms with E-state index in [9.17, 15) is 0 Å². The van der Waals surface area contributed by atoms with Crippen LogP contribution in [0.15, 0.2) is 48.5 Å². The highest BCUT2D eigenvalue weighted by Crippen LogP contribution is 2.44. The Morgan fingerprint density at radius 2 is 0.727 bits per heavy atom. The lowest BCUT2D eigenvalue weighted by Crippen LogP contribution is -2.23. The molecule has 0 unspecified atom stereocenters. The highest BCUT2D eigenvalue weighted by Gasteiger charge is 2.29. The van der Waals surface area contributed by atoms with Crippen LogP contribution in [0.25, 0.3) is 21.5 Å². The third-order valence-electron chi connectivity index (χ3n) is 4.43. The smallest absolute Gasteiger partial charge is 0.0102 e. The van der Waals surface area contributed by atoms with Crippen LogP contribution in [0.4, 0.5) is 0 Å². The SMILES string of the molecule is CC(C)(C)c1c(C(C)(C)C)c2ccccc2c2ccccc12. The third kappa shape index (κ3) is 2.31. The Morgan fingerprint density at radius 3 is 1.00 bits per heavy atom. The summed E-state index contributed by atoms with van der Waals surface area (Å²) in [7, 11) is 0. The first kappa shape index (κ1) is 15.1. The van der Waals surface area contributed by atoms with Gasteiger partial charge in [-0.1, -0.05) is 90.1 Å². The van der Waals surface area contributed by atoms with Crippen molar-refractivity contribution >= 4 is 21.5 Å². The molecule has 0 spiro atoms. The normalized spacial score (nSPS) is 13.0. The van der Waals surface area contributed by atoms with Gasteiger partial charge < -0.3 is 0 Å². The van der Waals surface area contributed by atoms with E-state index >= 15 is 0 Å². The minimum atomic E-state index is 0.117. The molecule has 0 radical (unpaired) electrons. The molecule has 3 aromatic carbocycles. The Hall–Kier alpha value is -1.82. The number of rotatable bonds is 0. The molecule has 3 aromatic rings. The van der Waals surface area contributed by atoms with Crippen LogP contribution in [0.5, 0.6) is 0 Å². The molecule has 0 aliphatic heterocycles. The van der Waals surface area contributed by atoms with E-state index in [1.807, 2.05) is 0 Å². The molecule has 0 fully saturated rings. The summed E-state index contributed by atoms with van der Waals surface area (Å²) in [5, 5.41) is 5.55. The fourth-order valence-electron chi connectivity index (χ4n) is 3.70. The van der Waals surface area contributed by atoms with Crippen LogP contribution in [0.1, 0.15) is 52.7 Å². The molecule has 0 amide bonds. The van der Waals surface area contributed by atoms with Crippen LogP contribution < -0.4 is 0 Å². The molecule has 0 heteroatoms. The van der Waals surface area contributed by atoms with Gasteiger partial charge >= 0.3 is 0 Å². The van der Waals surface area contributed by atoms with Crippen LogP contribution in [0, 0.1) is 0 Å². The largest absolute Gasteiger partial charge is 0.0616 e. The lowest BCUT2D eigenvalue weighted by Gasteiger charge is -2.33. The average Bonchev–Trinajstić information content (AvgIpc) is 2.43. The van der Waals surface area contributed by atoms with Crippen LogP contribution in [-0.2, 0) is 10.8 Å². The molecule has 22 heavy (non-hydrogen) atoms. The monoisotopic (exact) mass is 290 g/mol. The van der Waals surface area contributed by atoms with Crippen molar-refractivity contribution in [2.75, 3.05) is 0 Å². The molecule has 0 aliphatic rings. The van der Waals surface area contributed by atoms with Gasteiger partial charge in [-0.25, -0.2) is 0 Å². The van der Waals surface area contributed by atoms with Crippen molar-refractivity contribution in [2.24, 2.45) is 0 Å². The molecule has 0 N–H and O–H groups in total. The summed E-state index contributed by atoms with van der Waals surface area (Å²) in [5.74, 6) is 0. The first-order valence-corrected chi connectivity index (χ1v) is 8.15. The summed E-state index contributed by atoms with van der Waals surface area (Å²) in [6, 6.07) is 17.7. The maximum Gasteiger partial charge on any atom is -0.0102 e. The van der Waals surface area contributed by atoms with Crippen LogP contribution >= 0.6 is 0 Å². The lowest BCUT2D eigenvalue weighted by molar-refractivity contribution is 0.539. The first-order valence-electron chi connectivity index (χ1n) is 8.15. The summed E-state index contributed by atoms with van der Waals surface area (Å²) in [4.78, 5) is 0. The zero-order valence-electron chi connectivity index (χ0n) is 14.6. The van der Waals surface area contributed by atoms with E-state index in [1.165, 1.54) is 32.7 Å². The maximum absolute atomic E-state index is 2.33. The van der Waals surface area contributed by atoms with Gasteiger partial charge in [-0.05, 0) is 43.5 Å². The van der Waals surface area contributed by atoms with Crippen molar-refractivity contribution < 1.29 is 0 Å². The molecule has 0 aromatic heterocycles. The Morgan fingerprint density at radius 1 is 0.455 bits per heavy atom. The second-order valence-electron chi connectivity index (χ2n) is 8.34. The van der Waals surface area contributed by atoms with Gasteiger partial charge in [0.15, 0.2) is 0 Å². The topological polar surface area (TPSA) is 0 Å². The number of benzene rings is 3. The number of hydrogen-bond acceptors (Lipinski definition) is 0. The van der Waals surface area contributed by atoms with Crippen molar-refractivity contribution in [3.05, 3.63) is 59.7 Å². The van der Waals surface area contributed by atoms with Crippen molar-refractivity contribution in [3.63, 3.8) is 0 Å². The van der Waals surface area contributed by atoms with E-state index in [0.717, 1.165) is 0 Å². The van der Waals surface area contributed by atoms with Crippen molar-refractivity contribution in [2.45, 2.75) is 52.4 Å². The fraction of sp³-hybridized carbons (Fsp3) is 0.364. The van der Waals surface area contributed by atoms with Gasteiger partial charge in [-0.3, -0.25) is 0 Å². The van der Waals surface area contributed by atoms with Gasteiger partial charge in [0.05, 0.1) is 0 Å². The summed E-state index contributed by atoms with van der Waals surface area (Å²) in [5.41, 5.74) is 3.22. The van der Waals surface area contributed by atoms with Crippen molar-refractivity contribution in [3.8, 4) is 0 Å². The zero-order valence-corrected chi connectivity index (χ0v) is 14.6. The molecule has 0 heterocycles. The van der Waals surface area contributed by atoms with Gasteiger partial charge in [0.1, 0.15) is 0 Å². The standard InChI is InChI=1S/C22H26/c1-21(2,3)19-17-13-9-7-11-15(17)16-12-8-10-14-18(16)20(19)22(4,5)6/h7-14H,1-6H3. The summed E-state index contributed by atoms with van der Waals surface area (Å²) in [6.45, 7) is 14.0. The Labute approximate surface area is 134 Å². The predicted octanol–water partition coefficient (Wildman–Crippen LogP) is 6.59. The number of hydrogen-bond donors (Lipinski definition) is 0. The minimum absolute atomic E-state index is 0.117. The van der Waals surface area contributed by atoms with Gasteiger partial charge in [0.2, 0.25) is 0 Å². The van der Waals surface area contributed by atoms with Crippen LogP contribution in [0.3, 0.4) is 0 Å². The Kier molecular flexibility index (Phi) is 3.32. The second-order valence-corrected chi connectivity index (χ2v) is 8.34. The zero-order chi connectivity index (χ0) is 16.1. The minimum Gasteiger partial charge on any atom is -0.0616 e. The van der Waals surface area contributed by atoms with E-state index in [4.69, 9.17) is 0 Å². The highest BCUT2D eigenvalue weighted by atomic mass is 14.3. The molecular formula is C22H26. The molecule has 0 atom stereocenters.